The van der Waals surface area contributed by atoms with Gasteiger partial charge in [-0.1, -0.05) is 22.0 Å². The van der Waals surface area contributed by atoms with Crippen molar-refractivity contribution in [2.75, 3.05) is 47.4 Å². The van der Waals surface area contributed by atoms with Gasteiger partial charge in [0.25, 0.3) is 5.91 Å². The van der Waals surface area contributed by atoms with Crippen LogP contribution in [0.2, 0.25) is 0 Å². The molecule has 5 heteroatoms. The summed E-state index contributed by atoms with van der Waals surface area (Å²) in [5, 5.41) is 0. The number of nitrogens with zero attached hydrogens (tertiary/aromatic N) is 2. The van der Waals surface area contributed by atoms with Crippen LogP contribution in [0.1, 0.15) is 22.3 Å². The zero-order valence-corrected chi connectivity index (χ0v) is 14.9. The van der Waals surface area contributed by atoms with Crippen molar-refractivity contribution in [2.24, 2.45) is 0 Å². The Morgan fingerprint density at radius 2 is 1.95 bits per heavy atom. The van der Waals surface area contributed by atoms with Gasteiger partial charge in [0.15, 0.2) is 0 Å². The van der Waals surface area contributed by atoms with E-state index >= 15 is 0 Å². The van der Waals surface area contributed by atoms with Crippen molar-refractivity contribution in [3.05, 3.63) is 33.8 Å². The van der Waals surface area contributed by atoms with Crippen molar-refractivity contribution >= 4 is 21.8 Å². The summed E-state index contributed by atoms with van der Waals surface area (Å²) in [6.45, 7) is 4.85. The quantitative estimate of drug-likeness (QED) is 0.717. The second kappa shape index (κ2) is 9.18. The number of amides is 1. The lowest BCUT2D eigenvalue weighted by Gasteiger charge is -2.24. The SMILES string of the molecule is COCCN(CCCN(C)C)C(=O)c1cccc(Br)c1C. The summed E-state index contributed by atoms with van der Waals surface area (Å²) in [4.78, 5) is 16.7. The maximum Gasteiger partial charge on any atom is 0.254 e. The number of carbonyl (C=O) groups is 1. The third-order valence-electron chi connectivity index (χ3n) is 3.38. The van der Waals surface area contributed by atoms with Crippen molar-refractivity contribution in [3.8, 4) is 0 Å². The van der Waals surface area contributed by atoms with Crippen LogP contribution >= 0.6 is 15.9 Å². The fraction of sp³-hybridized carbons (Fsp3) is 0.562. The number of hydrogen-bond acceptors (Lipinski definition) is 3. The first-order chi connectivity index (χ1) is 9.97. The standard InChI is InChI=1S/C16H25BrN2O2/c1-13-14(7-5-8-15(13)17)16(20)19(11-12-21-4)10-6-9-18(2)3/h5,7-8H,6,9-12H2,1-4H3. The van der Waals surface area contributed by atoms with Gasteiger partial charge in [0.1, 0.15) is 0 Å². The summed E-state index contributed by atoms with van der Waals surface area (Å²) in [7, 11) is 5.74. The first-order valence-corrected chi connectivity index (χ1v) is 7.94. The van der Waals surface area contributed by atoms with Gasteiger partial charge in [0.2, 0.25) is 0 Å². The molecular formula is C16H25BrN2O2. The molecule has 0 aliphatic heterocycles. The first-order valence-electron chi connectivity index (χ1n) is 7.15. The van der Waals surface area contributed by atoms with Gasteiger partial charge >= 0.3 is 0 Å². The second-order valence-electron chi connectivity index (χ2n) is 5.35. The minimum absolute atomic E-state index is 0.0737. The normalized spacial score (nSPS) is 11.0. The predicted molar refractivity (Wildman–Crippen MR) is 89.8 cm³/mol. The molecule has 0 heterocycles. The van der Waals surface area contributed by atoms with Crippen LogP contribution in [0.5, 0.6) is 0 Å². The molecule has 118 valence electrons. The molecule has 0 N–H and O–H groups in total. The van der Waals surface area contributed by atoms with Gasteiger partial charge in [-0.15, -0.1) is 0 Å². The van der Waals surface area contributed by atoms with Gasteiger partial charge in [-0.05, 0) is 51.7 Å². The van der Waals surface area contributed by atoms with E-state index in [2.05, 4.69) is 20.8 Å². The van der Waals surface area contributed by atoms with E-state index in [1.165, 1.54) is 0 Å². The van der Waals surface area contributed by atoms with E-state index in [0.29, 0.717) is 13.2 Å². The summed E-state index contributed by atoms with van der Waals surface area (Å²) < 4.78 is 6.09. The lowest BCUT2D eigenvalue weighted by molar-refractivity contribution is 0.0688. The zero-order chi connectivity index (χ0) is 15.8. The molecule has 1 rings (SSSR count). The number of benzene rings is 1. The van der Waals surface area contributed by atoms with Crippen LogP contribution in [0, 0.1) is 6.92 Å². The first kappa shape index (κ1) is 18.1. The van der Waals surface area contributed by atoms with Crippen molar-refractivity contribution in [3.63, 3.8) is 0 Å². The van der Waals surface area contributed by atoms with Crippen molar-refractivity contribution in [2.45, 2.75) is 13.3 Å². The minimum atomic E-state index is 0.0737. The van der Waals surface area contributed by atoms with Crippen LogP contribution in [-0.4, -0.2) is 63.2 Å². The van der Waals surface area contributed by atoms with Crippen LogP contribution in [0.25, 0.3) is 0 Å². The number of halogens is 1. The van der Waals surface area contributed by atoms with Crippen LogP contribution in [0.3, 0.4) is 0 Å². The van der Waals surface area contributed by atoms with E-state index in [9.17, 15) is 4.79 Å². The Labute approximate surface area is 136 Å². The topological polar surface area (TPSA) is 32.8 Å². The highest BCUT2D eigenvalue weighted by molar-refractivity contribution is 9.10. The molecule has 0 aliphatic carbocycles. The monoisotopic (exact) mass is 356 g/mol. The number of rotatable bonds is 8. The van der Waals surface area contributed by atoms with E-state index < -0.39 is 0 Å². The predicted octanol–water partition coefficient (Wildman–Crippen LogP) is 2.80. The van der Waals surface area contributed by atoms with E-state index in [-0.39, 0.29) is 5.91 Å². The molecule has 0 aromatic heterocycles. The maximum atomic E-state index is 12.7. The molecule has 0 aliphatic rings. The van der Waals surface area contributed by atoms with E-state index in [0.717, 1.165) is 35.1 Å². The van der Waals surface area contributed by atoms with Gasteiger partial charge < -0.3 is 14.5 Å². The van der Waals surface area contributed by atoms with Crippen LogP contribution in [0.15, 0.2) is 22.7 Å². The Balaban J connectivity index is 2.80. The molecule has 0 unspecified atom stereocenters. The molecule has 0 bridgehead atoms. The number of carbonyl (C=O) groups excluding carboxylic acids is 1. The molecule has 0 spiro atoms. The van der Waals surface area contributed by atoms with Gasteiger partial charge in [0.05, 0.1) is 6.61 Å². The van der Waals surface area contributed by atoms with E-state index in [4.69, 9.17) is 4.74 Å². The molecule has 0 radical (unpaired) electrons. The molecule has 0 saturated carbocycles. The van der Waals surface area contributed by atoms with Gasteiger partial charge in [0, 0.05) is 30.2 Å². The molecule has 4 nitrogen and oxygen atoms in total. The summed E-state index contributed by atoms with van der Waals surface area (Å²) in [6.07, 6.45) is 0.954. The second-order valence-corrected chi connectivity index (χ2v) is 6.21. The van der Waals surface area contributed by atoms with Crippen LogP contribution in [-0.2, 0) is 4.74 Å². The number of ether oxygens (including phenoxy) is 1. The summed E-state index contributed by atoms with van der Waals surface area (Å²) in [6, 6.07) is 5.74. The lowest BCUT2D eigenvalue weighted by atomic mass is 10.1. The number of hydrogen-bond donors (Lipinski definition) is 0. The molecule has 1 amide bonds. The summed E-state index contributed by atoms with van der Waals surface area (Å²) in [5.74, 6) is 0.0737. The van der Waals surface area contributed by atoms with Crippen LogP contribution in [0.4, 0.5) is 0 Å². The van der Waals surface area contributed by atoms with E-state index in [1.54, 1.807) is 7.11 Å². The lowest BCUT2D eigenvalue weighted by Crippen LogP contribution is -2.36. The van der Waals surface area contributed by atoms with Crippen molar-refractivity contribution in [1.82, 2.24) is 9.80 Å². The Bertz CT molecular complexity index is 464. The molecule has 0 saturated heterocycles. The third-order valence-corrected chi connectivity index (χ3v) is 4.24. The van der Waals surface area contributed by atoms with Crippen molar-refractivity contribution in [1.29, 1.82) is 0 Å². The average Bonchev–Trinajstić information content (AvgIpc) is 2.44. The smallest absolute Gasteiger partial charge is 0.254 e. The van der Waals surface area contributed by atoms with Gasteiger partial charge in [-0.3, -0.25) is 4.79 Å². The highest BCUT2D eigenvalue weighted by Crippen LogP contribution is 2.20. The fourth-order valence-corrected chi connectivity index (χ4v) is 2.47. The summed E-state index contributed by atoms with van der Waals surface area (Å²) in [5.41, 5.74) is 1.74. The minimum Gasteiger partial charge on any atom is -0.383 e. The molecule has 1 aromatic rings. The summed E-state index contributed by atoms with van der Waals surface area (Å²) >= 11 is 3.49. The number of methoxy groups -OCH3 is 1. The molecule has 0 atom stereocenters. The molecule has 1 aromatic carbocycles. The largest absolute Gasteiger partial charge is 0.383 e. The Morgan fingerprint density at radius 1 is 1.24 bits per heavy atom. The zero-order valence-electron chi connectivity index (χ0n) is 13.4. The third kappa shape index (κ3) is 5.77. The fourth-order valence-electron chi connectivity index (χ4n) is 2.10. The molecule has 21 heavy (non-hydrogen) atoms. The maximum absolute atomic E-state index is 12.7. The Morgan fingerprint density at radius 3 is 2.57 bits per heavy atom. The van der Waals surface area contributed by atoms with Gasteiger partial charge in [-0.25, -0.2) is 0 Å². The van der Waals surface area contributed by atoms with Gasteiger partial charge in [-0.2, -0.15) is 0 Å². The van der Waals surface area contributed by atoms with Crippen LogP contribution < -0.4 is 0 Å². The molecule has 0 fully saturated rings. The highest BCUT2D eigenvalue weighted by Gasteiger charge is 2.18. The average molecular weight is 357 g/mol. The van der Waals surface area contributed by atoms with Crippen molar-refractivity contribution < 1.29 is 9.53 Å². The Kier molecular flexibility index (Phi) is 7.93. The van der Waals surface area contributed by atoms with E-state index in [1.807, 2.05) is 44.1 Å². The Hall–Kier alpha value is -0.910. The molecular weight excluding hydrogens is 332 g/mol. The highest BCUT2D eigenvalue weighted by atomic mass is 79.9.